The van der Waals surface area contributed by atoms with Crippen molar-refractivity contribution in [2.45, 2.75) is 44.6 Å². The summed E-state index contributed by atoms with van der Waals surface area (Å²) in [6, 6.07) is 0.00497. The fourth-order valence-electron chi connectivity index (χ4n) is 3.69. The van der Waals surface area contributed by atoms with Crippen molar-refractivity contribution in [3.63, 3.8) is 0 Å². The van der Waals surface area contributed by atoms with E-state index in [0.29, 0.717) is 6.42 Å². The maximum atomic E-state index is 12.5. The summed E-state index contributed by atoms with van der Waals surface area (Å²) in [4.78, 5) is 34.1. The van der Waals surface area contributed by atoms with E-state index in [1.54, 1.807) is 18.6 Å². The molecule has 2 fully saturated rings. The third-order valence-electron chi connectivity index (χ3n) is 5.11. The number of nitrogens with zero attached hydrogens (tertiary/aromatic N) is 3. The van der Waals surface area contributed by atoms with Gasteiger partial charge in [0.05, 0.1) is 12.1 Å². The Hall–Kier alpha value is -2.18. The molecule has 3 rings (SSSR count). The molecule has 1 aromatic rings. The third kappa shape index (κ3) is 4.01. The number of aromatic nitrogens is 2. The maximum absolute atomic E-state index is 12.5. The number of hydrogen-bond donors (Lipinski definition) is 2. The van der Waals surface area contributed by atoms with E-state index in [1.807, 2.05) is 0 Å². The van der Waals surface area contributed by atoms with Gasteiger partial charge >= 0.3 is 5.97 Å². The zero-order valence-electron chi connectivity index (χ0n) is 13.7. The first kappa shape index (κ1) is 16.7. The number of carboxylic acid groups (broad SMARTS) is 1. The standard InChI is InChI=1S/C17H24N4O3/c22-16(20-14-3-1-2-13(10-14)17(23)24)12-4-8-21(9-5-12)15-11-18-6-7-19-15/h6-7,11-14H,1-5,8-10H2,(H,20,22)(H,23,24)/t13-,14-/m1/s1. The molecule has 2 aliphatic rings. The molecule has 1 saturated heterocycles. The van der Waals surface area contributed by atoms with Gasteiger partial charge in [-0.3, -0.25) is 14.6 Å². The fourth-order valence-corrected chi connectivity index (χ4v) is 3.69. The zero-order chi connectivity index (χ0) is 16.9. The smallest absolute Gasteiger partial charge is 0.306 e. The second kappa shape index (κ2) is 7.59. The Kier molecular flexibility index (Phi) is 5.27. The van der Waals surface area contributed by atoms with E-state index < -0.39 is 5.97 Å². The summed E-state index contributed by atoms with van der Waals surface area (Å²) in [5.41, 5.74) is 0. The number of carbonyl (C=O) groups excluding carboxylic acids is 1. The van der Waals surface area contributed by atoms with Gasteiger partial charge in [-0.1, -0.05) is 6.42 Å². The number of carboxylic acids is 1. The van der Waals surface area contributed by atoms with Crippen molar-refractivity contribution in [2.24, 2.45) is 11.8 Å². The van der Waals surface area contributed by atoms with Gasteiger partial charge in [0.25, 0.3) is 0 Å². The van der Waals surface area contributed by atoms with E-state index in [-0.39, 0.29) is 23.8 Å². The lowest BCUT2D eigenvalue weighted by atomic mass is 9.85. The van der Waals surface area contributed by atoms with Crippen molar-refractivity contribution >= 4 is 17.7 Å². The quantitative estimate of drug-likeness (QED) is 0.866. The summed E-state index contributed by atoms with van der Waals surface area (Å²) in [6.45, 7) is 1.58. The van der Waals surface area contributed by atoms with Crippen LogP contribution in [0.4, 0.5) is 5.82 Å². The second-order valence-electron chi connectivity index (χ2n) is 6.73. The van der Waals surface area contributed by atoms with Crippen LogP contribution in [0.5, 0.6) is 0 Å². The molecule has 0 radical (unpaired) electrons. The van der Waals surface area contributed by atoms with Crippen molar-refractivity contribution in [1.82, 2.24) is 15.3 Å². The van der Waals surface area contributed by atoms with Crippen LogP contribution < -0.4 is 10.2 Å². The van der Waals surface area contributed by atoms with Gasteiger partial charge in [0.2, 0.25) is 5.91 Å². The summed E-state index contributed by atoms with van der Waals surface area (Å²) in [6.07, 6.45) is 9.68. The van der Waals surface area contributed by atoms with Crippen LogP contribution in [0.3, 0.4) is 0 Å². The van der Waals surface area contributed by atoms with Crippen molar-refractivity contribution in [2.75, 3.05) is 18.0 Å². The number of carbonyl (C=O) groups is 2. The number of nitrogens with one attached hydrogen (secondary N) is 1. The number of amides is 1. The molecular formula is C17H24N4O3. The summed E-state index contributed by atoms with van der Waals surface area (Å²) >= 11 is 0. The number of rotatable bonds is 4. The Morgan fingerprint density at radius 1 is 1.12 bits per heavy atom. The summed E-state index contributed by atoms with van der Waals surface area (Å²) in [5.74, 6) is -0.130. The van der Waals surface area contributed by atoms with Gasteiger partial charge in [-0.15, -0.1) is 0 Å². The van der Waals surface area contributed by atoms with Gasteiger partial charge < -0.3 is 15.3 Å². The van der Waals surface area contributed by atoms with Gasteiger partial charge in [-0.05, 0) is 32.1 Å². The number of piperidine rings is 1. The molecular weight excluding hydrogens is 308 g/mol. The van der Waals surface area contributed by atoms with Gasteiger partial charge in [-0.2, -0.15) is 0 Å². The van der Waals surface area contributed by atoms with Crippen LogP contribution in [0.2, 0.25) is 0 Å². The Bertz CT molecular complexity index is 572. The molecule has 7 heteroatoms. The van der Waals surface area contributed by atoms with Crippen molar-refractivity contribution in [3.05, 3.63) is 18.6 Å². The molecule has 2 atom stereocenters. The topological polar surface area (TPSA) is 95.4 Å². The van der Waals surface area contributed by atoms with Crippen molar-refractivity contribution < 1.29 is 14.7 Å². The normalized spacial score (nSPS) is 25.2. The predicted molar refractivity (Wildman–Crippen MR) is 88.5 cm³/mol. The summed E-state index contributed by atoms with van der Waals surface area (Å²) in [7, 11) is 0. The SMILES string of the molecule is O=C(N[C@@H]1CCC[C@@H](C(=O)O)C1)C1CCN(c2cnccn2)CC1. The number of hydrogen-bond acceptors (Lipinski definition) is 5. The highest BCUT2D eigenvalue weighted by Gasteiger charge is 2.31. The minimum absolute atomic E-state index is 0.00289. The fraction of sp³-hybridized carbons (Fsp3) is 0.647. The Balaban J connectivity index is 1.48. The highest BCUT2D eigenvalue weighted by Crippen LogP contribution is 2.26. The molecule has 1 aliphatic heterocycles. The molecule has 1 amide bonds. The van der Waals surface area contributed by atoms with E-state index in [9.17, 15) is 9.59 Å². The first-order valence-corrected chi connectivity index (χ1v) is 8.67. The predicted octanol–water partition coefficient (Wildman–Crippen LogP) is 1.45. The summed E-state index contributed by atoms with van der Waals surface area (Å²) in [5, 5.41) is 12.2. The van der Waals surface area contributed by atoms with Gasteiger partial charge in [0, 0.05) is 37.4 Å². The van der Waals surface area contributed by atoms with Crippen molar-refractivity contribution in [3.8, 4) is 0 Å². The van der Waals surface area contributed by atoms with Crippen LogP contribution in [-0.2, 0) is 9.59 Å². The second-order valence-corrected chi connectivity index (χ2v) is 6.73. The molecule has 1 aliphatic carbocycles. The van der Waals surface area contributed by atoms with Crippen LogP contribution in [0, 0.1) is 11.8 Å². The van der Waals surface area contributed by atoms with Gasteiger partial charge in [0.1, 0.15) is 5.82 Å². The molecule has 0 unspecified atom stereocenters. The van der Waals surface area contributed by atoms with Crippen LogP contribution >= 0.6 is 0 Å². The largest absolute Gasteiger partial charge is 0.481 e. The van der Waals surface area contributed by atoms with E-state index >= 15 is 0 Å². The highest BCUT2D eigenvalue weighted by atomic mass is 16.4. The van der Waals surface area contributed by atoms with E-state index in [2.05, 4.69) is 20.2 Å². The maximum Gasteiger partial charge on any atom is 0.306 e. The number of aliphatic carboxylic acids is 1. The Morgan fingerprint density at radius 3 is 2.58 bits per heavy atom. The average molecular weight is 332 g/mol. The molecule has 1 aromatic heterocycles. The molecule has 7 nitrogen and oxygen atoms in total. The zero-order valence-corrected chi connectivity index (χ0v) is 13.7. The monoisotopic (exact) mass is 332 g/mol. The molecule has 24 heavy (non-hydrogen) atoms. The average Bonchev–Trinajstić information content (AvgIpc) is 2.63. The van der Waals surface area contributed by atoms with E-state index in [1.165, 1.54) is 0 Å². The minimum atomic E-state index is -0.744. The van der Waals surface area contributed by atoms with Gasteiger partial charge in [-0.25, -0.2) is 4.98 Å². The number of anilines is 1. The highest BCUT2D eigenvalue weighted by molar-refractivity contribution is 5.79. The summed E-state index contributed by atoms with van der Waals surface area (Å²) < 4.78 is 0. The van der Waals surface area contributed by atoms with Gasteiger partial charge in [0.15, 0.2) is 0 Å². The molecule has 2 heterocycles. The lowest BCUT2D eigenvalue weighted by molar-refractivity contribution is -0.143. The molecule has 0 bridgehead atoms. The Labute approximate surface area is 141 Å². The minimum Gasteiger partial charge on any atom is -0.481 e. The first-order valence-electron chi connectivity index (χ1n) is 8.67. The molecule has 0 aromatic carbocycles. The molecule has 2 N–H and O–H groups in total. The van der Waals surface area contributed by atoms with E-state index in [4.69, 9.17) is 5.11 Å². The Morgan fingerprint density at radius 2 is 1.92 bits per heavy atom. The molecule has 0 spiro atoms. The van der Waals surface area contributed by atoms with Crippen LogP contribution in [0.1, 0.15) is 38.5 Å². The van der Waals surface area contributed by atoms with Crippen LogP contribution in [0.25, 0.3) is 0 Å². The van der Waals surface area contributed by atoms with E-state index in [0.717, 1.165) is 51.0 Å². The first-order chi connectivity index (χ1) is 11.6. The van der Waals surface area contributed by atoms with Crippen LogP contribution in [-0.4, -0.2) is 46.1 Å². The lowest BCUT2D eigenvalue weighted by Gasteiger charge is -2.33. The molecule has 1 saturated carbocycles. The third-order valence-corrected chi connectivity index (χ3v) is 5.11. The molecule has 130 valence electrons. The van der Waals surface area contributed by atoms with Crippen LogP contribution in [0.15, 0.2) is 18.6 Å². The van der Waals surface area contributed by atoms with Crippen molar-refractivity contribution in [1.29, 1.82) is 0 Å². The lowest BCUT2D eigenvalue weighted by Crippen LogP contribution is -2.46.